The Bertz CT molecular complexity index is 696. The maximum atomic E-state index is 12.0. The Morgan fingerprint density at radius 2 is 2.25 bits per heavy atom. The molecule has 1 atom stereocenters. The quantitative estimate of drug-likeness (QED) is 0.743. The fourth-order valence-electron chi connectivity index (χ4n) is 2.63. The van der Waals surface area contributed by atoms with E-state index in [1.807, 2.05) is 42.1 Å². The largest absolute Gasteiger partial charge is 0.376 e. The minimum atomic E-state index is 0.0173. The molecular weight excluding hydrogens is 390 g/mol. The summed E-state index contributed by atoms with van der Waals surface area (Å²) < 4.78 is 8.57. The highest BCUT2D eigenvalue weighted by molar-refractivity contribution is 9.10. The zero-order valence-electron chi connectivity index (χ0n) is 13.5. The Morgan fingerprint density at radius 3 is 2.96 bits per heavy atom. The topological polar surface area (TPSA) is 56.2 Å². The van der Waals surface area contributed by atoms with Crippen LogP contribution in [0.2, 0.25) is 0 Å². The Balaban J connectivity index is 1.54. The molecule has 2 heterocycles. The third-order valence-corrected chi connectivity index (χ3v) is 5.54. The molecule has 0 radical (unpaired) electrons. The van der Waals surface area contributed by atoms with Crippen molar-refractivity contribution in [3.63, 3.8) is 0 Å². The molecule has 1 saturated heterocycles. The minimum Gasteiger partial charge on any atom is -0.376 e. The molecule has 24 heavy (non-hydrogen) atoms. The average molecular weight is 410 g/mol. The number of hydrogen-bond donors (Lipinski definition) is 1. The third kappa shape index (κ3) is 4.40. The van der Waals surface area contributed by atoms with Crippen LogP contribution in [0, 0.1) is 0 Å². The molecule has 7 heteroatoms. The second-order valence-electron chi connectivity index (χ2n) is 5.72. The normalized spacial score (nSPS) is 17.2. The van der Waals surface area contributed by atoms with Crippen molar-refractivity contribution in [3.05, 3.63) is 34.9 Å². The first-order valence-corrected chi connectivity index (χ1v) is 9.70. The summed E-state index contributed by atoms with van der Waals surface area (Å²) in [5.41, 5.74) is 2.13. The highest BCUT2D eigenvalue weighted by atomic mass is 79.9. The molecule has 0 saturated carbocycles. The van der Waals surface area contributed by atoms with Crippen molar-refractivity contribution in [1.29, 1.82) is 0 Å². The van der Waals surface area contributed by atoms with Crippen molar-refractivity contribution in [3.8, 4) is 11.3 Å². The van der Waals surface area contributed by atoms with Crippen LogP contribution in [0.5, 0.6) is 0 Å². The summed E-state index contributed by atoms with van der Waals surface area (Å²) in [7, 11) is 1.97. The fraction of sp³-hybridized carbons (Fsp3) is 0.412. The van der Waals surface area contributed by atoms with Crippen LogP contribution in [0.3, 0.4) is 0 Å². The van der Waals surface area contributed by atoms with E-state index < -0.39 is 0 Å². The molecule has 1 aliphatic heterocycles. The van der Waals surface area contributed by atoms with Gasteiger partial charge >= 0.3 is 0 Å². The van der Waals surface area contributed by atoms with E-state index in [4.69, 9.17) is 4.74 Å². The Morgan fingerprint density at radius 1 is 1.46 bits per heavy atom. The number of ether oxygens (including phenoxy) is 1. The Kier molecular flexibility index (Phi) is 5.97. The van der Waals surface area contributed by atoms with Crippen molar-refractivity contribution in [2.24, 2.45) is 7.05 Å². The molecule has 1 N–H and O–H groups in total. The fourth-order valence-corrected chi connectivity index (χ4v) is 3.68. The highest BCUT2D eigenvalue weighted by Crippen LogP contribution is 2.26. The maximum Gasteiger partial charge on any atom is 0.230 e. The number of nitrogens with zero attached hydrogens (tertiary/aromatic N) is 2. The summed E-state index contributed by atoms with van der Waals surface area (Å²) in [6.45, 7) is 1.41. The van der Waals surface area contributed by atoms with E-state index in [0.29, 0.717) is 12.3 Å². The van der Waals surface area contributed by atoms with Gasteiger partial charge in [-0.05, 0) is 30.5 Å². The number of rotatable bonds is 6. The second kappa shape index (κ2) is 8.18. The molecular formula is C17H20BrN3O2S. The van der Waals surface area contributed by atoms with Crippen LogP contribution < -0.4 is 5.32 Å². The minimum absolute atomic E-state index is 0.0173. The van der Waals surface area contributed by atoms with Gasteiger partial charge in [0.25, 0.3) is 0 Å². The van der Waals surface area contributed by atoms with Crippen molar-refractivity contribution in [2.45, 2.75) is 24.1 Å². The number of halogens is 1. The predicted octanol–water partition coefficient (Wildman–Crippen LogP) is 3.24. The molecule has 0 bridgehead atoms. The van der Waals surface area contributed by atoms with Crippen LogP contribution in [-0.2, 0) is 16.6 Å². The molecule has 1 aliphatic rings. The highest BCUT2D eigenvalue weighted by Gasteiger charge is 2.16. The monoisotopic (exact) mass is 409 g/mol. The molecule has 1 aromatic carbocycles. The van der Waals surface area contributed by atoms with Crippen molar-refractivity contribution in [2.75, 3.05) is 18.9 Å². The summed E-state index contributed by atoms with van der Waals surface area (Å²) in [6, 6.07) is 8.11. The molecule has 128 valence electrons. The first-order valence-electron chi connectivity index (χ1n) is 7.92. The zero-order chi connectivity index (χ0) is 16.9. The zero-order valence-corrected chi connectivity index (χ0v) is 15.9. The molecule has 1 aromatic heterocycles. The lowest BCUT2D eigenvalue weighted by Crippen LogP contribution is -2.32. The van der Waals surface area contributed by atoms with Gasteiger partial charge in [-0.15, -0.1) is 0 Å². The van der Waals surface area contributed by atoms with Gasteiger partial charge < -0.3 is 14.6 Å². The number of aromatic nitrogens is 2. The van der Waals surface area contributed by atoms with E-state index in [-0.39, 0.29) is 12.0 Å². The summed E-state index contributed by atoms with van der Waals surface area (Å²) in [4.78, 5) is 16.4. The molecule has 3 rings (SSSR count). The van der Waals surface area contributed by atoms with Crippen LogP contribution in [0.1, 0.15) is 12.8 Å². The van der Waals surface area contributed by atoms with Gasteiger partial charge in [-0.2, -0.15) is 0 Å². The lowest BCUT2D eigenvalue weighted by Gasteiger charge is -2.10. The molecule has 5 nitrogen and oxygen atoms in total. The number of thioether (sulfide) groups is 1. The lowest BCUT2D eigenvalue weighted by atomic mass is 10.2. The van der Waals surface area contributed by atoms with Gasteiger partial charge in [-0.3, -0.25) is 4.79 Å². The van der Waals surface area contributed by atoms with E-state index in [9.17, 15) is 4.79 Å². The lowest BCUT2D eigenvalue weighted by molar-refractivity contribution is -0.119. The number of carbonyl (C=O) groups excluding carboxylic acids is 1. The number of amides is 1. The van der Waals surface area contributed by atoms with Gasteiger partial charge in [0.15, 0.2) is 5.16 Å². The Hall–Kier alpha value is -1.31. The van der Waals surface area contributed by atoms with E-state index in [1.165, 1.54) is 11.8 Å². The average Bonchev–Trinajstić information content (AvgIpc) is 3.22. The van der Waals surface area contributed by atoms with Crippen LogP contribution in [0.25, 0.3) is 11.3 Å². The Labute approximate surface area is 154 Å². The summed E-state index contributed by atoms with van der Waals surface area (Å²) in [5.74, 6) is 0.376. The summed E-state index contributed by atoms with van der Waals surface area (Å²) in [5, 5.41) is 3.77. The van der Waals surface area contributed by atoms with Gasteiger partial charge in [0, 0.05) is 24.7 Å². The predicted molar refractivity (Wildman–Crippen MR) is 99.1 cm³/mol. The number of carbonyl (C=O) groups is 1. The maximum absolute atomic E-state index is 12.0. The van der Waals surface area contributed by atoms with E-state index >= 15 is 0 Å². The molecule has 1 fully saturated rings. The van der Waals surface area contributed by atoms with Crippen LogP contribution in [0.4, 0.5) is 0 Å². The standard InChI is InChI=1S/C17H20BrN3O2S/c1-21-15(12-4-6-13(18)7-5-12)10-20-17(21)24-11-16(22)19-9-14-3-2-8-23-14/h4-7,10,14H,2-3,8-9,11H2,1H3,(H,19,22)/t14-/m1/s1. The van der Waals surface area contributed by atoms with Gasteiger partial charge in [0.05, 0.1) is 23.7 Å². The van der Waals surface area contributed by atoms with Gasteiger partial charge in [0.1, 0.15) is 0 Å². The first kappa shape index (κ1) is 17.5. The number of hydrogen-bond acceptors (Lipinski definition) is 4. The van der Waals surface area contributed by atoms with E-state index in [2.05, 4.69) is 26.2 Å². The van der Waals surface area contributed by atoms with Crippen LogP contribution in [0.15, 0.2) is 40.1 Å². The van der Waals surface area contributed by atoms with E-state index in [0.717, 1.165) is 40.3 Å². The number of nitrogens with one attached hydrogen (secondary N) is 1. The van der Waals surface area contributed by atoms with Gasteiger partial charge in [-0.25, -0.2) is 4.98 Å². The van der Waals surface area contributed by atoms with Crippen molar-refractivity contribution >= 4 is 33.6 Å². The first-order chi connectivity index (χ1) is 11.6. The SMILES string of the molecule is Cn1c(-c2ccc(Br)cc2)cnc1SCC(=O)NC[C@H]1CCCO1. The van der Waals surface area contributed by atoms with Gasteiger partial charge in [-0.1, -0.05) is 39.8 Å². The summed E-state index contributed by atoms with van der Waals surface area (Å²) >= 11 is 4.89. The number of imidazole rings is 1. The molecule has 0 aliphatic carbocycles. The molecule has 1 amide bonds. The van der Waals surface area contributed by atoms with Crippen LogP contribution >= 0.6 is 27.7 Å². The molecule has 0 spiro atoms. The second-order valence-corrected chi connectivity index (χ2v) is 7.58. The number of benzene rings is 1. The third-order valence-electron chi connectivity index (χ3n) is 3.97. The van der Waals surface area contributed by atoms with Gasteiger partial charge in [0.2, 0.25) is 5.91 Å². The molecule has 0 unspecified atom stereocenters. The molecule has 2 aromatic rings. The smallest absolute Gasteiger partial charge is 0.230 e. The summed E-state index contributed by atoms with van der Waals surface area (Å²) in [6.07, 6.45) is 4.14. The van der Waals surface area contributed by atoms with Crippen LogP contribution in [-0.4, -0.2) is 40.5 Å². The van der Waals surface area contributed by atoms with Crippen molar-refractivity contribution < 1.29 is 9.53 Å². The van der Waals surface area contributed by atoms with Crippen molar-refractivity contribution in [1.82, 2.24) is 14.9 Å². The van der Waals surface area contributed by atoms with E-state index in [1.54, 1.807) is 0 Å².